The Morgan fingerprint density at radius 2 is 2.23 bits per heavy atom. The summed E-state index contributed by atoms with van der Waals surface area (Å²) in [5.41, 5.74) is 0.761. The van der Waals surface area contributed by atoms with Crippen molar-refractivity contribution in [3.63, 3.8) is 0 Å². The summed E-state index contributed by atoms with van der Waals surface area (Å²) in [7, 11) is 1.78. The minimum atomic E-state index is -0.865. The van der Waals surface area contributed by atoms with Crippen LogP contribution in [-0.2, 0) is 12.6 Å². The van der Waals surface area contributed by atoms with Gasteiger partial charge >= 0.3 is 0 Å². The van der Waals surface area contributed by atoms with E-state index in [0.29, 0.717) is 23.7 Å². The molecule has 6 nitrogen and oxygen atoms in total. The molecular weight excluding hydrogens is 427 g/mol. The molecule has 0 saturated heterocycles. The number of aryl methyl sites for hydroxylation is 1. The number of nitrogens with one attached hydrogen (secondary N) is 1. The lowest BCUT2D eigenvalue weighted by Gasteiger charge is -2.47. The van der Waals surface area contributed by atoms with Crippen molar-refractivity contribution in [2.75, 3.05) is 5.32 Å². The monoisotopic (exact) mass is 446 g/mol. The number of anilines is 1. The van der Waals surface area contributed by atoms with E-state index in [1.54, 1.807) is 24.1 Å². The topological polar surface area (TPSA) is 80.0 Å². The predicted octanol–water partition coefficient (Wildman–Crippen LogP) is 4.32. The largest absolute Gasteiger partial charge is 0.382 e. The van der Waals surface area contributed by atoms with Gasteiger partial charge in [-0.25, -0.2) is 14.4 Å². The van der Waals surface area contributed by atoms with Gasteiger partial charge in [-0.2, -0.15) is 0 Å². The SMILES string of the molecule is Cn1cnc(C2CC3CC(O)(c4nccs4)C3C2)c1C(=O)Nc1ccc(F)c(Cl)c1. The van der Waals surface area contributed by atoms with Crippen molar-refractivity contribution in [2.45, 2.75) is 30.8 Å². The minimum Gasteiger partial charge on any atom is -0.382 e. The second-order valence-electron chi connectivity index (χ2n) is 8.17. The second kappa shape index (κ2) is 7.14. The van der Waals surface area contributed by atoms with Gasteiger partial charge in [0.05, 0.1) is 17.0 Å². The Morgan fingerprint density at radius 3 is 2.97 bits per heavy atom. The molecule has 0 spiro atoms. The van der Waals surface area contributed by atoms with Crippen LogP contribution in [0.2, 0.25) is 5.02 Å². The van der Waals surface area contributed by atoms with Crippen LogP contribution in [0.1, 0.15) is 46.4 Å². The fourth-order valence-electron chi connectivity index (χ4n) is 5.02. The number of hydrogen-bond donors (Lipinski definition) is 2. The number of carbonyl (C=O) groups excluding carboxylic acids is 1. The van der Waals surface area contributed by atoms with Crippen molar-refractivity contribution in [3.05, 3.63) is 63.3 Å². The van der Waals surface area contributed by atoms with Crippen LogP contribution >= 0.6 is 22.9 Å². The number of aliphatic hydroxyl groups is 1. The second-order valence-corrected chi connectivity index (χ2v) is 9.47. The number of rotatable bonds is 4. The lowest BCUT2D eigenvalue weighted by Crippen LogP contribution is -2.48. The third kappa shape index (κ3) is 3.05. The molecule has 2 N–H and O–H groups in total. The molecule has 0 aliphatic heterocycles. The Labute approximate surface area is 181 Å². The molecule has 5 rings (SSSR count). The van der Waals surface area contributed by atoms with Crippen LogP contribution in [0.4, 0.5) is 10.1 Å². The maximum absolute atomic E-state index is 13.4. The predicted molar refractivity (Wildman–Crippen MR) is 112 cm³/mol. The molecule has 156 valence electrons. The van der Waals surface area contributed by atoms with Crippen LogP contribution < -0.4 is 5.32 Å². The zero-order valence-corrected chi connectivity index (χ0v) is 17.8. The lowest BCUT2D eigenvalue weighted by molar-refractivity contribution is -0.132. The molecule has 9 heteroatoms. The summed E-state index contributed by atoms with van der Waals surface area (Å²) in [6.07, 6.45) is 5.71. The number of aromatic nitrogens is 3. The first-order chi connectivity index (χ1) is 14.4. The number of amides is 1. The molecule has 4 atom stereocenters. The summed E-state index contributed by atoms with van der Waals surface area (Å²) < 4.78 is 15.1. The van der Waals surface area contributed by atoms with Crippen molar-refractivity contribution < 1.29 is 14.3 Å². The van der Waals surface area contributed by atoms with E-state index in [4.69, 9.17) is 11.6 Å². The number of thiazole rings is 1. The molecule has 2 fully saturated rings. The van der Waals surface area contributed by atoms with Gasteiger partial charge < -0.3 is 15.0 Å². The average molecular weight is 447 g/mol. The smallest absolute Gasteiger partial charge is 0.274 e. The highest BCUT2D eigenvalue weighted by molar-refractivity contribution is 7.09. The Kier molecular flexibility index (Phi) is 4.68. The van der Waals surface area contributed by atoms with Crippen LogP contribution in [0.3, 0.4) is 0 Å². The fourth-order valence-corrected chi connectivity index (χ4v) is 6.01. The summed E-state index contributed by atoms with van der Waals surface area (Å²) in [4.78, 5) is 21.8. The summed E-state index contributed by atoms with van der Waals surface area (Å²) in [5.74, 6) is -0.236. The van der Waals surface area contributed by atoms with Crippen LogP contribution in [0, 0.1) is 17.7 Å². The van der Waals surface area contributed by atoms with Gasteiger partial charge in [0.15, 0.2) is 0 Å². The Morgan fingerprint density at radius 1 is 1.40 bits per heavy atom. The molecule has 1 aromatic carbocycles. The van der Waals surface area contributed by atoms with Crippen molar-refractivity contribution >= 4 is 34.5 Å². The van der Waals surface area contributed by atoms with Crippen LogP contribution in [-0.4, -0.2) is 25.5 Å². The number of imidazole rings is 1. The molecule has 2 aliphatic rings. The zero-order chi connectivity index (χ0) is 21.0. The lowest BCUT2D eigenvalue weighted by atomic mass is 9.63. The van der Waals surface area contributed by atoms with Gasteiger partial charge in [-0.1, -0.05) is 11.6 Å². The average Bonchev–Trinajstić information content (AvgIpc) is 3.43. The summed E-state index contributed by atoms with van der Waals surface area (Å²) in [5, 5.41) is 16.5. The molecule has 2 heterocycles. The summed E-state index contributed by atoms with van der Waals surface area (Å²) in [6.45, 7) is 0. The number of halogens is 2. The number of hydrogen-bond acceptors (Lipinski definition) is 5. The van der Waals surface area contributed by atoms with Gasteiger partial charge in [0, 0.05) is 30.2 Å². The molecule has 3 aromatic rings. The molecule has 0 radical (unpaired) electrons. The van der Waals surface area contributed by atoms with E-state index in [-0.39, 0.29) is 22.8 Å². The maximum Gasteiger partial charge on any atom is 0.274 e. The molecular formula is C21H20ClFN4O2S. The first-order valence-electron chi connectivity index (χ1n) is 9.76. The van der Waals surface area contributed by atoms with Crippen LogP contribution in [0.25, 0.3) is 0 Å². The quantitative estimate of drug-likeness (QED) is 0.625. The standard InChI is InChI=1S/C21H20ClFN4O2S/c1-27-10-25-17(18(27)19(28)26-13-2-3-16(23)15(22)8-13)11-6-12-9-21(29,14(12)7-11)20-24-4-5-30-20/h2-5,8,10-12,14,29H,6-7,9H2,1H3,(H,26,28). The Hall–Kier alpha value is -2.29. The van der Waals surface area contributed by atoms with E-state index in [0.717, 1.165) is 23.5 Å². The van der Waals surface area contributed by atoms with Crippen LogP contribution in [0.5, 0.6) is 0 Å². The maximum atomic E-state index is 13.4. The third-order valence-electron chi connectivity index (χ3n) is 6.43. The van der Waals surface area contributed by atoms with E-state index in [2.05, 4.69) is 15.3 Å². The van der Waals surface area contributed by atoms with Crippen molar-refractivity contribution in [1.82, 2.24) is 14.5 Å². The zero-order valence-electron chi connectivity index (χ0n) is 16.2. The van der Waals surface area contributed by atoms with E-state index in [1.165, 1.54) is 29.5 Å². The highest BCUT2D eigenvalue weighted by Gasteiger charge is 2.59. The highest BCUT2D eigenvalue weighted by atomic mass is 35.5. The van der Waals surface area contributed by atoms with Gasteiger partial charge in [-0.05, 0) is 49.3 Å². The molecule has 1 amide bonds. The molecule has 2 aromatic heterocycles. The molecule has 2 aliphatic carbocycles. The Bertz CT molecular complexity index is 1120. The molecule has 4 unspecified atom stereocenters. The molecule has 2 saturated carbocycles. The first-order valence-corrected chi connectivity index (χ1v) is 11.0. The fraction of sp³-hybridized carbons (Fsp3) is 0.381. The minimum absolute atomic E-state index is 0.0492. The van der Waals surface area contributed by atoms with Crippen molar-refractivity contribution in [2.24, 2.45) is 18.9 Å². The van der Waals surface area contributed by atoms with Gasteiger partial charge in [0.2, 0.25) is 0 Å². The number of benzene rings is 1. The number of fused-ring (bicyclic) bond motifs is 1. The first kappa shape index (κ1) is 19.7. The van der Waals surface area contributed by atoms with Gasteiger partial charge in [0.25, 0.3) is 5.91 Å². The van der Waals surface area contributed by atoms with Gasteiger partial charge in [0.1, 0.15) is 22.1 Å². The van der Waals surface area contributed by atoms with Crippen molar-refractivity contribution in [3.8, 4) is 0 Å². The van der Waals surface area contributed by atoms with Crippen LogP contribution in [0.15, 0.2) is 36.1 Å². The van der Waals surface area contributed by atoms with Gasteiger partial charge in [-0.15, -0.1) is 11.3 Å². The number of nitrogens with zero attached hydrogens (tertiary/aromatic N) is 3. The van der Waals surface area contributed by atoms with E-state index in [1.807, 2.05) is 5.38 Å². The van der Waals surface area contributed by atoms with Crippen molar-refractivity contribution in [1.29, 1.82) is 0 Å². The summed E-state index contributed by atoms with van der Waals surface area (Å²) in [6, 6.07) is 4.07. The molecule has 0 bridgehead atoms. The van der Waals surface area contributed by atoms with E-state index >= 15 is 0 Å². The Balaban J connectivity index is 1.37. The van der Waals surface area contributed by atoms with Gasteiger partial charge in [-0.3, -0.25) is 4.79 Å². The van der Waals surface area contributed by atoms with E-state index < -0.39 is 11.4 Å². The summed E-state index contributed by atoms with van der Waals surface area (Å²) >= 11 is 7.31. The number of carbonyl (C=O) groups is 1. The molecule has 30 heavy (non-hydrogen) atoms. The third-order valence-corrected chi connectivity index (χ3v) is 7.66. The normalized spacial score (nSPS) is 27.5. The van der Waals surface area contributed by atoms with E-state index in [9.17, 15) is 14.3 Å². The highest BCUT2D eigenvalue weighted by Crippen LogP contribution is 2.62.